The summed E-state index contributed by atoms with van der Waals surface area (Å²) in [5.74, 6) is 0. The van der Waals surface area contributed by atoms with Gasteiger partial charge in [0.15, 0.2) is 0 Å². The molecule has 1 heterocycles. The summed E-state index contributed by atoms with van der Waals surface area (Å²) < 4.78 is 0. The topological polar surface area (TPSA) is 74.1 Å². The molecule has 1 aromatic heterocycles. The van der Waals surface area contributed by atoms with Crippen LogP contribution in [-0.2, 0) is 9.59 Å². The lowest BCUT2D eigenvalue weighted by Crippen LogP contribution is -2.18. The molecule has 0 aliphatic carbocycles. The second-order valence-corrected chi connectivity index (χ2v) is 3.26. The van der Waals surface area contributed by atoms with Crippen molar-refractivity contribution in [3.63, 3.8) is 0 Å². The summed E-state index contributed by atoms with van der Waals surface area (Å²) in [4.78, 5) is 26.5. The van der Waals surface area contributed by atoms with Crippen molar-refractivity contribution in [3.8, 4) is 6.07 Å². The molecule has 2 aromatic rings. The number of imide groups is 1. The Hall–Kier alpha value is -2.74. The number of fused-ring (bicyclic) bond motifs is 1. The van der Waals surface area contributed by atoms with Crippen LogP contribution in [0.1, 0.15) is 5.56 Å². The molecule has 2 rings (SSSR count). The van der Waals surface area contributed by atoms with Crippen molar-refractivity contribution in [3.05, 3.63) is 36.0 Å². The van der Waals surface area contributed by atoms with Crippen LogP contribution in [0.2, 0.25) is 0 Å². The van der Waals surface area contributed by atoms with Crippen LogP contribution in [0.15, 0.2) is 30.5 Å². The summed E-state index contributed by atoms with van der Waals surface area (Å²) in [7, 11) is 0. The van der Waals surface area contributed by atoms with E-state index in [4.69, 9.17) is 5.26 Å². The fraction of sp³-hybridized carbons (Fsp3) is 0. The highest BCUT2D eigenvalue weighted by Gasteiger charge is 2.11. The Labute approximate surface area is 96.9 Å². The average Bonchev–Trinajstić information content (AvgIpc) is 2.40. The van der Waals surface area contributed by atoms with E-state index in [2.05, 4.69) is 4.98 Å². The van der Waals surface area contributed by atoms with E-state index in [0.717, 1.165) is 4.90 Å². The highest BCUT2D eigenvalue weighted by atomic mass is 16.2. The standard InChI is InChI=1S/C12H7N3O2/c13-6-9-3-4-11(15(7-16)8-17)10-2-1-5-14-12(9)10/h1-5,7-8H. The maximum absolute atomic E-state index is 10.7. The van der Waals surface area contributed by atoms with Gasteiger partial charge < -0.3 is 0 Å². The first-order chi connectivity index (χ1) is 8.31. The van der Waals surface area contributed by atoms with Crippen LogP contribution >= 0.6 is 0 Å². The van der Waals surface area contributed by atoms with Gasteiger partial charge in [0.1, 0.15) is 6.07 Å². The van der Waals surface area contributed by atoms with Gasteiger partial charge >= 0.3 is 0 Å². The number of anilines is 1. The van der Waals surface area contributed by atoms with E-state index in [0.29, 0.717) is 35.0 Å². The van der Waals surface area contributed by atoms with Crippen LogP contribution in [-0.4, -0.2) is 17.8 Å². The molecule has 0 saturated heterocycles. The Balaban J connectivity index is 2.80. The largest absolute Gasteiger partial charge is 0.278 e. The molecule has 0 radical (unpaired) electrons. The van der Waals surface area contributed by atoms with Gasteiger partial charge in [-0.2, -0.15) is 5.26 Å². The van der Waals surface area contributed by atoms with Gasteiger partial charge in [0.25, 0.3) is 0 Å². The molecule has 0 spiro atoms. The van der Waals surface area contributed by atoms with Crippen LogP contribution in [0.4, 0.5) is 5.69 Å². The van der Waals surface area contributed by atoms with Gasteiger partial charge in [0.2, 0.25) is 12.8 Å². The molecule has 2 amide bonds. The maximum atomic E-state index is 10.7. The maximum Gasteiger partial charge on any atom is 0.220 e. The number of aromatic nitrogens is 1. The number of nitrogens with zero attached hydrogens (tertiary/aromatic N) is 3. The van der Waals surface area contributed by atoms with Gasteiger partial charge in [-0.15, -0.1) is 0 Å². The molecule has 5 heteroatoms. The van der Waals surface area contributed by atoms with E-state index in [-0.39, 0.29) is 0 Å². The van der Waals surface area contributed by atoms with Crippen molar-refractivity contribution < 1.29 is 9.59 Å². The van der Waals surface area contributed by atoms with E-state index < -0.39 is 0 Å². The number of amides is 2. The van der Waals surface area contributed by atoms with Crippen molar-refractivity contribution >= 4 is 29.4 Å². The van der Waals surface area contributed by atoms with E-state index in [1.807, 2.05) is 6.07 Å². The molecular weight excluding hydrogens is 218 g/mol. The molecule has 0 aliphatic rings. The lowest BCUT2D eigenvalue weighted by Gasteiger charge is -2.12. The first-order valence-electron chi connectivity index (χ1n) is 4.78. The molecule has 82 valence electrons. The number of benzene rings is 1. The van der Waals surface area contributed by atoms with Crippen LogP contribution in [0.25, 0.3) is 10.9 Å². The third kappa shape index (κ3) is 1.72. The third-order valence-corrected chi connectivity index (χ3v) is 2.37. The highest BCUT2D eigenvalue weighted by Crippen LogP contribution is 2.26. The van der Waals surface area contributed by atoms with Gasteiger partial charge in [0, 0.05) is 11.6 Å². The van der Waals surface area contributed by atoms with Crippen LogP contribution in [0.5, 0.6) is 0 Å². The Morgan fingerprint density at radius 1 is 1.24 bits per heavy atom. The van der Waals surface area contributed by atoms with Crippen molar-refractivity contribution in [1.82, 2.24) is 4.98 Å². The number of hydrogen-bond acceptors (Lipinski definition) is 4. The first kappa shape index (κ1) is 10.8. The Bertz CT molecular complexity index is 623. The molecule has 0 fully saturated rings. The van der Waals surface area contributed by atoms with Gasteiger partial charge in [0.05, 0.1) is 16.8 Å². The van der Waals surface area contributed by atoms with E-state index in [1.165, 1.54) is 6.07 Å². The second-order valence-electron chi connectivity index (χ2n) is 3.26. The van der Waals surface area contributed by atoms with Crippen molar-refractivity contribution in [2.45, 2.75) is 0 Å². The van der Waals surface area contributed by atoms with Gasteiger partial charge in [-0.05, 0) is 24.3 Å². The second kappa shape index (κ2) is 4.41. The van der Waals surface area contributed by atoms with E-state index in [9.17, 15) is 9.59 Å². The minimum absolute atomic E-state index is 0.404. The average molecular weight is 225 g/mol. The zero-order valence-corrected chi connectivity index (χ0v) is 8.70. The summed E-state index contributed by atoms with van der Waals surface area (Å²) in [5, 5.41) is 9.53. The van der Waals surface area contributed by atoms with E-state index >= 15 is 0 Å². The Morgan fingerprint density at radius 2 is 2.00 bits per heavy atom. The van der Waals surface area contributed by atoms with Crippen LogP contribution in [0, 0.1) is 11.3 Å². The minimum atomic E-state index is 0.404. The number of carbonyl (C=O) groups is 2. The quantitative estimate of drug-likeness (QED) is 0.736. The SMILES string of the molecule is N#Cc1ccc(N(C=O)C=O)c2cccnc12. The van der Waals surface area contributed by atoms with Gasteiger partial charge in [-0.25, -0.2) is 0 Å². The lowest BCUT2D eigenvalue weighted by atomic mass is 10.1. The Morgan fingerprint density at radius 3 is 2.65 bits per heavy atom. The molecule has 5 nitrogen and oxygen atoms in total. The van der Waals surface area contributed by atoms with Crippen molar-refractivity contribution in [2.24, 2.45) is 0 Å². The predicted octanol–water partition coefficient (Wildman–Crippen LogP) is 1.23. The lowest BCUT2D eigenvalue weighted by molar-refractivity contribution is -0.113. The molecule has 0 N–H and O–H groups in total. The number of nitriles is 1. The summed E-state index contributed by atoms with van der Waals surface area (Å²) >= 11 is 0. The number of carbonyl (C=O) groups excluding carboxylic acids is 2. The molecule has 0 saturated carbocycles. The Kier molecular flexibility index (Phi) is 2.79. The highest BCUT2D eigenvalue weighted by molar-refractivity contribution is 6.06. The number of rotatable bonds is 3. The zero-order valence-electron chi connectivity index (χ0n) is 8.70. The van der Waals surface area contributed by atoms with Crippen LogP contribution < -0.4 is 4.90 Å². The summed E-state index contributed by atoms with van der Waals surface area (Å²) in [6.07, 6.45) is 2.39. The van der Waals surface area contributed by atoms with Crippen LogP contribution in [0.3, 0.4) is 0 Å². The number of pyridine rings is 1. The van der Waals surface area contributed by atoms with Gasteiger partial charge in [-0.3, -0.25) is 19.5 Å². The molecule has 17 heavy (non-hydrogen) atoms. The summed E-state index contributed by atoms with van der Waals surface area (Å²) in [6, 6.07) is 8.48. The zero-order chi connectivity index (χ0) is 12.3. The summed E-state index contributed by atoms with van der Waals surface area (Å²) in [5.41, 5.74) is 1.29. The molecule has 0 bridgehead atoms. The fourth-order valence-electron chi connectivity index (χ4n) is 1.61. The predicted molar refractivity (Wildman–Crippen MR) is 61.1 cm³/mol. The summed E-state index contributed by atoms with van der Waals surface area (Å²) in [6.45, 7) is 0. The fourth-order valence-corrected chi connectivity index (χ4v) is 1.61. The molecule has 0 aliphatic heterocycles. The molecule has 0 atom stereocenters. The molecular formula is C12H7N3O2. The minimum Gasteiger partial charge on any atom is -0.278 e. The first-order valence-corrected chi connectivity index (χ1v) is 4.78. The third-order valence-electron chi connectivity index (χ3n) is 2.37. The van der Waals surface area contributed by atoms with Crippen molar-refractivity contribution in [1.29, 1.82) is 5.26 Å². The number of hydrogen-bond donors (Lipinski definition) is 0. The monoisotopic (exact) mass is 225 g/mol. The van der Waals surface area contributed by atoms with E-state index in [1.54, 1.807) is 24.4 Å². The normalized spacial score (nSPS) is 9.59. The molecule has 1 aromatic carbocycles. The van der Waals surface area contributed by atoms with Gasteiger partial charge in [-0.1, -0.05) is 0 Å². The smallest absolute Gasteiger partial charge is 0.220 e. The van der Waals surface area contributed by atoms with Crippen molar-refractivity contribution in [2.75, 3.05) is 4.90 Å². The molecule has 0 unspecified atom stereocenters.